The first-order valence-corrected chi connectivity index (χ1v) is 5.97. The smallest absolute Gasteiger partial charge is 0.325 e. The second kappa shape index (κ2) is 4.86. The van der Waals surface area contributed by atoms with Gasteiger partial charge in [0, 0.05) is 17.5 Å². The van der Waals surface area contributed by atoms with Crippen molar-refractivity contribution >= 4 is 5.97 Å². The molecule has 98 valence electrons. The highest BCUT2D eigenvalue weighted by molar-refractivity contribution is 5.77. The van der Waals surface area contributed by atoms with Crippen LogP contribution in [0.3, 0.4) is 0 Å². The standard InChI is InChI=1S/C13H17NO4/c1-3-17-11-5-8-4-7(2)18-10(8)6-9(11)12(14)13(15)16/h5-7,12H,3-4,14H2,1-2H3,(H,15,16)/t7?,12-/m0/s1. The second-order valence-corrected chi connectivity index (χ2v) is 4.38. The minimum Gasteiger partial charge on any atom is -0.494 e. The summed E-state index contributed by atoms with van der Waals surface area (Å²) in [6, 6.07) is 2.42. The molecule has 0 amide bonds. The number of ether oxygens (including phenoxy) is 2. The first-order chi connectivity index (χ1) is 8.52. The lowest BCUT2D eigenvalue weighted by Crippen LogP contribution is -2.21. The molecule has 5 heteroatoms. The van der Waals surface area contributed by atoms with Gasteiger partial charge in [-0.15, -0.1) is 0 Å². The Morgan fingerprint density at radius 2 is 2.39 bits per heavy atom. The first kappa shape index (κ1) is 12.7. The number of carbonyl (C=O) groups is 1. The molecule has 0 saturated carbocycles. The van der Waals surface area contributed by atoms with Gasteiger partial charge in [-0.25, -0.2) is 0 Å². The molecule has 1 aromatic carbocycles. The molecule has 0 spiro atoms. The summed E-state index contributed by atoms with van der Waals surface area (Å²) in [6.45, 7) is 4.29. The molecule has 1 aliphatic rings. The summed E-state index contributed by atoms with van der Waals surface area (Å²) in [5.41, 5.74) is 7.15. The van der Waals surface area contributed by atoms with E-state index in [2.05, 4.69) is 0 Å². The Kier molecular flexibility index (Phi) is 3.43. The lowest BCUT2D eigenvalue weighted by atomic mass is 10.0. The van der Waals surface area contributed by atoms with Crippen molar-refractivity contribution in [3.63, 3.8) is 0 Å². The molecule has 3 N–H and O–H groups in total. The maximum Gasteiger partial charge on any atom is 0.325 e. The molecule has 1 aromatic rings. The van der Waals surface area contributed by atoms with E-state index in [9.17, 15) is 4.79 Å². The summed E-state index contributed by atoms with van der Waals surface area (Å²) in [5.74, 6) is 0.156. The summed E-state index contributed by atoms with van der Waals surface area (Å²) in [7, 11) is 0. The van der Waals surface area contributed by atoms with Crippen molar-refractivity contribution in [3.05, 3.63) is 23.3 Å². The highest BCUT2D eigenvalue weighted by Gasteiger charge is 2.26. The Balaban J connectivity index is 2.44. The van der Waals surface area contributed by atoms with E-state index in [1.165, 1.54) is 0 Å². The van der Waals surface area contributed by atoms with E-state index in [0.29, 0.717) is 23.7 Å². The van der Waals surface area contributed by atoms with E-state index >= 15 is 0 Å². The average Bonchev–Trinajstić information content (AvgIpc) is 2.66. The lowest BCUT2D eigenvalue weighted by Gasteiger charge is -2.15. The summed E-state index contributed by atoms with van der Waals surface area (Å²) in [5, 5.41) is 9.01. The maximum atomic E-state index is 11.0. The third-order valence-corrected chi connectivity index (χ3v) is 2.93. The monoisotopic (exact) mass is 251 g/mol. The van der Waals surface area contributed by atoms with Gasteiger partial charge in [0.05, 0.1) is 6.61 Å². The summed E-state index contributed by atoms with van der Waals surface area (Å²) >= 11 is 0. The normalized spacial score (nSPS) is 18.9. The van der Waals surface area contributed by atoms with Gasteiger partial charge < -0.3 is 20.3 Å². The van der Waals surface area contributed by atoms with Crippen molar-refractivity contribution < 1.29 is 19.4 Å². The zero-order chi connectivity index (χ0) is 13.3. The number of carboxylic acid groups (broad SMARTS) is 1. The Morgan fingerprint density at radius 3 is 3.00 bits per heavy atom. The zero-order valence-electron chi connectivity index (χ0n) is 10.5. The van der Waals surface area contributed by atoms with Crippen LogP contribution in [0.25, 0.3) is 0 Å². The number of nitrogens with two attached hydrogens (primary N) is 1. The van der Waals surface area contributed by atoms with Gasteiger partial charge in [-0.3, -0.25) is 4.79 Å². The van der Waals surface area contributed by atoms with E-state index in [4.69, 9.17) is 20.3 Å². The fraction of sp³-hybridized carbons (Fsp3) is 0.462. The quantitative estimate of drug-likeness (QED) is 0.847. The van der Waals surface area contributed by atoms with E-state index in [1.807, 2.05) is 19.9 Å². The Bertz CT molecular complexity index is 472. The molecule has 0 radical (unpaired) electrons. The van der Waals surface area contributed by atoms with Crippen LogP contribution in [-0.2, 0) is 11.2 Å². The third kappa shape index (κ3) is 2.26. The minimum atomic E-state index is -1.10. The topological polar surface area (TPSA) is 81.8 Å². The fourth-order valence-corrected chi connectivity index (χ4v) is 2.11. The summed E-state index contributed by atoms with van der Waals surface area (Å²) < 4.78 is 11.1. The van der Waals surface area contributed by atoms with Gasteiger partial charge >= 0.3 is 5.97 Å². The van der Waals surface area contributed by atoms with Gasteiger partial charge in [-0.1, -0.05) is 0 Å². The van der Waals surface area contributed by atoms with E-state index in [0.717, 1.165) is 12.0 Å². The molecule has 5 nitrogen and oxygen atoms in total. The Morgan fingerprint density at radius 1 is 1.67 bits per heavy atom. The third-order valence-electron chi connectivity index (χ3n) is 2.93. The predicted octanol–water partition coefficient (Wildman–Crippen LogP) is 1.49. The second-order valence-electron chi connectivity index (χ2n) is 4.38. The van der Waals surface area contributed by atoms with Crippen LogP contribution in [-0.4, -0.2) is 23.8 Å². The highest BCUT2D eigenvalue weighted by atomic mass is 16.5. The van der Waals surface area contributed by atoms with E-state index in [-0.39, 0.29) is 6.10 Å². The van der Waals surface area contributed by atoms with Crippen LogP contribution in [0, 0.1) is 0 Å². The van der Waals surface area contributed by atoms with Gasteiger partial charge in [0.2, 0.25) is 0 Å². The van der Waals surface area contributed by atoms with Crippen LogP contribution >= 0.6 is 0 Å². The number of fused-ring (bicyclic) bond motifs is 1. The van der Waals surface area contributed by atoms with Crippen LogP contribution in [0.1, 0.15) is 31.0 Å². The maximum absolute atomic E-state index is 11.0. The van der Waals surface area contributed by atoms with Crippen molar-refractivity contribution in [2.24, 2.45) is 5.73 Å². The molecular formula is C13H17NO4. The van der Waals surface area contributed by atoms with Crippen molar-refractivity contribution in [3.8, 4) is 11.5 Å². The molecule has 18 heavy (non-hydrogen) atoms. The molecule has 2 rings (SSSR count). The number of benzene rings is 1. The molecule has 0 bridgehead atoms. The molecule has 0 aromatic heterocycles. The van der Waals surface area contributed by atoms with Gasteiger partial charge in [-0.05, 0) is 26.0 Å². The number of aliphatic carboxylic acids is 1. The Hall–Kier alpha value is -1.75. The predicted molar refractivity (Wildman–Crippen MR) is 66.0 cm³/mol. The molecule has 0 aliphatic carbocycles. The number of carboxylic acids is 1. The SMILES string of the molecule is CCOc1cc2c(cc1[C@H](N)C(=O)O)OC(C)C2. The number of rotatable bonds is 4. The van der Waals surface area contributed by atoms with Crippen molar-refractivity contribution in [1.29, 1.82) is 0 Å². The van der Waals surface area contributed by atoms with Crippen molar-refractivity contribution in [2.75, 3.05) is 6.61 Å². The fourth-order valence-electron chi connectivity index (χ4n) is 2.11. The molecule has 2 atom stereocenters. The molecular weight excluding hydrogens is 234 g/mol. The van der Waals surface area contributed by atoms with Crippen molar-refractivity contribution in [1.82, 2.24) is 0 Å². The average molecular weight is 251 g/mol. The van der Waals surface area contributed by atoms with E-state index in [1.54, 1.807) is 6.07 Å². The highest BCUT2D eigenvalue weighted by Crippen LogP contribution is 2.37. The van der Waals surface area contributed by atoms with Gasteiger partial charge in [0.15, 0.2) is 0 Å². The summed E-state index contributed by atoms with van der Waals surface area (Å²) in [4.78, 5) is 11.0. The molecule has 1 unspecified atom stereocenters. The Labute approximate surface area is 106 Å². The van der Waals surface area contributed by atoms with Gasteiger partial charge in [0.1, 0.15) is 23.6 Å². The van der Waals surface area contributed by atoms with Gasteiger partial charge in [0.25, 0.3) is 0 Å². The first-order valence-electron chi connectivity index (χ1n) is 5.97. The van der Waals surface area contributed by atoms with Crippen LogP contribution in [0.15, 0.2) is 12.1 Å². The van der Waals surface area contributed by atoms with E-state index < -0.39 is 12.0 Å². The van der Waals surface area contributed by atoms with Crippen LogP contribution < -0.4 is 15.2 Å². The largest absolute Gasteiger partial charge is 0.494 e. The zero-order valence-corrected chi connectivity index (χ0v) is 10.5. The minimum absolute atomic E-state index is 0.103. The molecule has 1 heterocycles. The summed E-state index contributed by atoms with van der Waals surface area (Å²) in [6.07, 6.45) is 0.906. The van der Waals surface area contributed by atoms with Crippen LogP contribution in [0.4, 0.5) is 0 Å². The molecule has 1 aliphatic heterocycles. The van der Waals surface area contributed by atoms with Gasteiger partial charge in [-0.2, -0.15) is 0 Å². The lowest BCUT2D eigenvalue weighted by molar-refractivity contribution is -0.138. The number of hydrogen-bond acceptors (Lipinski definition) is 4. The van der Waals surface area contributed by atoms with Crippen LogP contribution in [0.5, 0.6) is 11.5 Å². The number of hydrogen-bond donors (Lipinski definition) is 2. The molecule has 0 fully saturated rings. The van der Waals surface area contributed by atoms with Crippen LogP contribution in [0.2, 0.25) is 0 Å². The molecule has 0 saturated heterocycles. The van der Waals surface area contributed by atoms with Crippen molar-refractivity contribution in [2.45, 2.75) is 32.4 Å².